The van der Waals surface area contributed by atoms with Crippen molar-refractivity contribution in [1.82, 2.24) is 9.97 Å². The van der Waals surface area contributed by atoms with E-state index in [4.69, 9.17) is 5.73 Å². The maximum Gasteiger partial charge on any atom is 0.416 e. The Labute approximate surface area is 148 Å². The molecule has 1 heterocycles. The smallest absolute Gasteiger partial charge is 0.397 e. The molecule has 0 aliphatic carbocycles. The topological polar surface area (TPSA) is 75.9 Å². The lowest BCUT2D eigenvalue weighted by Gasteiger charge is -2.11. The van der Waals surface area contributed by atoms with Gasteiger partial charge in [0.15, 0.2) is 11.6 Å². The summed E-state index contributed by atoms with van der Waals surface area (Å²) < 4.78 is 37.8. The summed E-state index contributed by atoms with van der Waals surface area (Å²) in [7, 11) is 0. The van der Waals surface area contributed by atoms with E-state index in [1.165, 1.54) is 24.5 Å². The summed E-state index contributed by atoms with van der Waals surface area (Å²) in [6, 6.07) is 10.3. The molecule has 1 aromatic heterocycles. The number of hydrogen-bond acceptors (Lipinski definition) is 5. The summed E-state index contributed by atoms with van der Waals surface area (Å²) in [5.74, 6) is 0.847. The van der Waals surface area contributed by atoms with Crippen LogP contribution in [0.25, 0.3) is 0 Å². The van der Waals surface area contributed by atoms with Gasteiger partial charge in [0.1, 0.15) is 0 Å². The first-order chi connectivity index (χ1) is 12.3. The molecule has 0 aliphatic rings. The Bertz CT molecular complexity index is 907. The second-order valence-electron chi connectivity index (χ2n) is 5.71. The first-order valence-corrected chi connectivity index (χ1v) is 7.71. The van der Waals surface area contributed by atoms with Crippen LogP contribution in [0.1, 0.15) is 11.1 Å². The number of nitrogen functional groups attached to an aromatic ring is 1. The SMILES string of the molecule is Cc1ccc(N)c(Nc2cncc(Nc3ccc(C(F)(F)F)cc3)n2)c1. The summed E-state index contributed by atoms with van der Waals surface area (Å²) in [6.45, 7) is 1.94. The molecule has 0 unspecified atom stereocenters. The number of nitrogens with one attached hydrogen (secondary N) is 2. The monoisotopic (exact) mass is 359 g/mol. The predicted octanol–water partition coefficient (Wildman–Crippen LogP) is 4.87. The lowest BCUT2D eigenvalue weighted by atomic mass is 10.2. The maximum atomic E-state index is 12.6. The zero-order valence-electron chi connectivity index (χ0n) is 13.8. The highest BCUT2D eigenvalue weighted by Gasteiger charge is 2.29. The number of aryl methyl sites for hydroxylation is 1. The third kappa shape index (κ3) is 4.21. The van der Waals surface area contributed by atoms with E-state index >= 15 is 0 Å². The quantitative estimate of drug-likeness (QED) is 0.579. The summed E-state index contributed by atoms with van der Waals surface area (Å²) in [5.41, 5.74) is 8.00. The number of halogens is 3. The van der Waals surface area contributed by atoms with E-state index in [-0.39, 0.29) is 0 Å². The second kappa shape index (κ2) is 6.91. The molecule has 0 amide bonds. The lowest BCUT2D eigenvalue weighted by Crippen LogP contribution is -2.05. The van der Waals surface area contributed by atoms with Gasteiger partial charge in [0.2, 0.25) is 0 Å². The van der Waals surface area contributed by atoms with E-state index in [2.05, 4.69) is 20.6 Å². The second-order valence-corrected chi connectivity index (χ2v) is 5.71. The molecule has 0 fully saturated rings. The molecular formula is C18H16F3N5. The van der Waals surface area contributed by atoms with E-state index in [0.29, 0.717) is 28.7 Å². The zero-order valence-corrected chi connectivity index (χ0v) is 13.8. The molecule has 0 saturated carbocycles. The Morgan fingerprint density at radius 2 is 1.58 bits per heavy atom. The van der Waals surface area contributed by atoms with Crippen LogP contribution in [-0.4, -0.2) is 9.97 Å². The van der Waals surface area contributed by atoms with Gasteiger partial charge in [0, 0.05) is 5.69 Å². The van der Waals surface area contributed by atoms with Crippen molar-refractivity contribution in [2.75, 3.05) is 16.4 Å². The number of alkyl halides is 3. The van der Waals surface area contributed by atoms with Crippen LogP contribution in [0.4, 0.5) is 41.9 Å². The van der Waals surface area contributed by atoms with Crippen LogP contribution in [0, 0.1) is 6.92 Å². The van der Waals surface area contributed by atoms with Crippen LogP contribution >= 0.6 is 0 Å². The van der Waals surface area contributed by atoms with E-state index in [1.807, 2.05) is 19.1 Å². The van der Waals surface area contributed by atoms with Gasteiger partial charge in [-0.25, -0.2) is 4.98 Å². The Morgan fingerprint density at radius 1 is 0.923 bits per heavy atom. The van der Waals surface area contributed by atoms with Crippen LogP contribution in [0.3, 0.4) is 0 Å². The van der Waals surface area contributed by atoms with Crippen LogP contribution < -0.4 is 16.4 Å². The van der Waals surface area contributed by atoms with Crippen molar-refractivity contribution >= 4 is 28.7 Å². The van der Waals surface area contributed by atoms with Gasteiger partial charge < -0.3 is 16.4 Å². The van der Waals surface area contributed by atoms with Crippen molar-refractivity contribution in [3.05, 3.63) is 66.0 Å². The molecule has 0 radical (unpaired) electrons. The molecule has 0 aliphatic heterocycles. The molecule has 26 heavy (non-hydrogen) atoms. The van der Waals surface area contributed by atoms with Gasteiger partial charge in [-0.15, -0.1) is 0 Å². The Balaban J connectivity index is 1.76. The van der Waals surface area contributed by atoms with Crippen molar-refractivity contribution < 1.29 is 13.2 Å². The summed E-state index contributed by atoms with van der Waals surface area (Å²) in [6.07, 6.45) is -1.36. The lowest BCUT2D eigenvalue weighted by molar-refractivity contribution is -0.137. The standard InChI is InChI=1S/C18H16F3N5/c1-11-2-7-14(22)15(8-11)25-17-10-23-9-16(26-17)24-13-5-3-12(4-6-13)18(19,20)21/h2-10H,22H2,1H3,(H2,24,25,26). The van der Waals surface area contributed by atoms with Crippen LogP contribution in [0.15, 0.2) is 54.9 Å². The predicted molar refractivity (Wildman–Crippen MR) is 95.6 cm³/mol. The number of nitrogens with two attached hydrogens (primary N) is 1. The van der Waals surface area contributed by atoms with Crippen molar-refractivity contribution in [1.29, 1.82) is 0 Å². The van der Waals surface area contributed by atoms with E-state index in [1.54, 1.807) is 6.07 Å². The van der Waals surface area contributed by atoms with Crippen LogP contribution in [0.5, 0.6) is 0 Å². The molecule has 3 rings (SSSR count). The Morgan fingerprint density at radius 3 is 2.23 bits per heavy atom. The highest BCUT2D eigenvalue weighted by Crippen LogP contribution is 2.30. The average molecular weight is 359 g/mol. The van der Waals surface area contributed by atoms with Gasteiger partial charge in [0.05, 0.1) is 29.3 Å². The molecule has 4 N–H and O–H groups in total. The largest absolute Gasteiger partial charge is 0.416 e. The third-order valence-corrected chi connectivity index (χ3v) is 3.59. The fourth-order valence-electron chi connectivity index (χ4n) is 2.29. The highest BCUT2D eigenvalue weighted by molar-refractivity contribution is 5.72. The third-order valence-electron chi connectivity index (χ3n) is 3.59. The maximum absolute atomic E-state index is 12.6. The molecule has 5 nitrogen and oxygen atoms in total. The number of nitrogens with zero attached hydrogens (tertiary/aromatic N) is 2. The summed E-state index contributed by atoms with van der Waals surface area (Å²) >= 11 is 0. The molecule has 2 aromatic carbocycles. The Hall–Kier alpha value is -3.29. The van der Waals surface area contributed by atoms with Crippen LogP contribution in [0.2, 0.25) is 0 Å². The molecule has 0 spiro atoms. The first kappa shape index (κ1) is 17.5. The van der Waals surface area contributed by atoms with Gasteiger partial charge in [-0.05, 0) is 48.9 Å². The molecule has 0 bridgehead atoms. The van der Waals surface area contributed by atoms with Crippen molar-refractivity contribution in [2.45, 2.75) is 13.1 Å². The molecule has 0 saturated heterocycles. The highest BCUT2D eigenvalue weighted by atomic mass is 19.4. The fraction of sp³-hybridized carbons (Fsp3) is 0.111. The van der Waals surface area contributed by atoms with E-state index in [9.17, 15) is 13.2 Å². The van der Waals surface area contributed by atoms with Crippen LogP contribution in [-0.2, 0) is 6.18 Å². The van der Waals surface area contributed by atoms with Gasteiger partial charge in [0.25, 0.3) is 0 Å². The normalized spacial score (nSPS) is 11.2. The van der Waals surface area contributed by atoms with Gasteiger partial charge in [-0.3, -0.25) is 4.98 Å². The van der Waals surface area contributed by atoms with Gasteiger partial charge in [-0.2, -0.15) is 13.2 Å². The summed E-state index contributed by atoms with van der Waals surface area (Å²) in [4.78, 5) is 8.42. The molecule has 134 valence electrons. The molecule has 8 heteroatoms. The number of rotatable bonds is 4. The minimum Gasteiger partial charge on any atom is -0.397 e. The number of hydrogen-bond donors (Lipinski definition) is 3. The van der Waals surface area contributed by atoms with Crippen molar-refractivity contribution in [3.8, 4) is 0 Å². The van der Waals surface area contributed by atoms with Gasteiger partial charge in [-0.1, -0.05) is 6.07 Å². The first-order valence-electron chi connectivity index (χ1n) is 7.71. The average Bonchev–Trinajstić information content (AvgIpc) is 2.58. The minimum absolute atomic E-state index is 0.390. The van der Waals surface area contributed by atoms with E-state index in [0.717, 1.165) is 17.7 Å². The number of aromatic nitrogens is 2. The summed E-state index contributed by atoms with van der Waals surface area (Å²) in [5, 5.41) is 6.00. The van der Waals surface area contributed by atoms with Gasteiger partial charge >= 0.3 is 6.18 Å². The number of benzene rings is 2. The number of anilines is 5. The minimum atomic E-state index is -4.37. The molecular weight excluding hydrogens is 343 g/mol. The van der Waals surface area contributed by atoms with Crippen molar-refractivity contribution in [3.63, 3.8) is 0 Å². The van der Waals surface area contributed by atoms with E-state index < -0.39 is 11.7 Å². The fourth-order valence-corrected chi connectivity index (χ4v) is 2.29. The molecule has 0 atom stereocenters. The zero-order chi connectivity index (χ0) is 18.7. The Kier molecular flexibility index (Phi) is 4.66. The molecule has 3 aromatic rings. The van der Waals surface area contributed by atoms with Crippen molar-refractivity contribution in [2.24, 2.45) is 0 Å².